The number of hydrogen-bond donors (Lipinski definition) is 1. The molecule has 2 atom stereocenters. The molecule has 0 aliphatic carbocycles. The highest BCUT2D eigenvalue weighted by atomic mass is 31.0. The minimum Gasteiger partial charge on any atom is -0.385 e. The fourth-order valence-corrected chi connectivity index (χ4v) is 1.69. The van der Waals surface area contributed by atoms with E-state index in [-0.39, 0.29) is 0 Å². The van der Waals surface area contributed by atoms with Gasteiger partial charge in [0.1, 0.15) is 0 Å². The van der Waals surface area contributed by atoms with E-state index in [2.05, 4.69) is 27.8 Å². The molecule has 0 spiro atoms. The van der Waals surface area contributed by atoms with Gasteiger partial charge in [0.25, 0.3) is 0 Å². The normalized spacial score (nSPS) is 15.0. The number of hydrogen-bond acceptors (Lipinski definition) is 3. The summed E-state index contributed by atoms with van der Waals surface area (Å²) in [5, 5.41) is 15.7. The Morgan fingerprint density at radius 2 is 2.06 bits per heavy atom. The van der Waals surface area contributed by atoms with Crippen molar-refractivity contribution >= 4 is 15.5 Å². The summed E-state index contributed by atoms with van der Waals surface area (Å²) in [6, 6.07) is 0. The van der Waals surface area contributed by atoms with Gasteiger partial charge in [0, 0.05) is 14.1 Å². The molecule has 18 heavy (non-hydrogen) atoms. The van der Waals surface area contributed by atoms with Gasteiger partial charge in [0.05, 0.1) is 12.3 Å². The zero-order valence-corrected chi connectivity index (χ0v) is 13.0. The Hall–Kier alpha value is -0.920. The van der Waals surface area contributed by atoms with Gasteiger partial charge in [-0.3, -0.25) is 0 Å². The van der Waals surface area contributed by atoms with Crippen molar-refractivity contribution in [1.82, 2.24) is 5.01 Å². The van der Waals surface area contributed by atoms with Crippen LogP contribution in [0.4, 0.5) is 0 Å². The summed E-state index contributed by atoms with van der Waals surface area (Å²) in [5.41, 5.74) is 2.97. The molecule has 0 saturated carbocycles. The smallest absolute Gasteiger partial charge is 0.0911 e. The Bertz CT molecular complexity index is 351. The minimum absolute atomic E-state index is 0.565. The molecule has 0 rings (SSSR count). The summed E-state index contributed by atoms with van der Waals surface area (Å²) in [5.74, 6) is 0. The Morgan fingerprint density at radius 1 is 1.44 bits per heavy atom. The van der Waals surface area contributed by atoms with Crippen LogP contribution in [0.5, 0.6) is 0 Å². The van der Waals surface area contributed by atoms with Crippen LogP contribution in [0.2, 0.25) is 0 Å². The molecule has 3 nitrogen and oxygen atoms in total. The van der Waals surface area contributed by atoms with Crippen LogP contribution in [0.25, 0.3) is 0 Å². The number of hydrazone groups is 1. The van der Waals surface area contributed by atoms with E-state index in [0.717, 1.165) is 23.7 Å². The molecule has 0 fully saturated rings. The van der Waals surface area contributed by atoms with Crippen LogP contribution < -0.4 is 0 Å². The summed E-state index contributed by atoms with van der Waals surface area (Å²) < 4.78 is 0. The third kappa shape index (κ3) is 7.41. The minimum atomic E-state index is -0.565. The monoisotopic (exact) mass is 268 g/mol. The second-order valence-corrected chi connectivity index (χ2v) is 4.75. The van der Waals surface area contributed by atoms with Crippen molar-refractivity contribution in [3.8, 4) is 0 Å². The van der Waals surface area contributed by atoms with Crippen LogP contribution in [0.3, 0.4) is 0 Å². The third-order valence-electron chi connectivity index (χ3n) is 2.49. The van der Waals surface area contributed by atoms with Crippen molar-refractivity contribution < 1.29 is 5.11 Å². The molecule has 0 amide bonds. The summed E-state index contributed by atoms with van der Waals surface area (Å²) in [6.07, 6.45) is 6.65. The van der Waals surface area contributed by atoms with Crippen LogP contribution in [0.1, 0.15) is 20.3 Å². The third-order valence-corrected chi connectivity index (χ3v) is 3.02. The van der Waals surface area contributed by atoms with Crippen molar-refractivity contribution in [3.63, 3.8) is 0 Å². The number of aliphatic hydroxyl groups excluding tert-OH is 1. The Labute approximate surface area is 113 Å². The maximum absolute atomic E-state index is 9.92. The van der Waals surface area contributed by atoms with E-state index in [1.807, 2.05) is 27.1 Å². The van der Waals surface area contributed by atoms with Crippen LogP contribution in [0, 0.1) is 0 Å². The van der Waals surface area contributed by atoms with Crippen LogP contribution in [-0.4, -0.2) is 42.7 Å². The van der Waals surface area contributed by atoms with E-state index >= 15 is 0 Å². The van der Waals surface area contributed by atoms with Gasteiger partial charge in [0.15, 0.2) is 0 Å². The standard InChI is InChI=1S/C14H25N2OP/c1-6-13(10-18)8-14(17)7-11(2)12(3)9-15-16(4)5/h7-9,14,17H,3,6,10,18H2,1-2,4-5H3/b11-7+,13-8?,15-9-. The highest BCUT2D eigenvalue weighted by Gasteiger charge is 2.01. The number of rotatable bonds is 7. The summed E-state index contributed by atoms with van der Waals surface area (Å²) >= 11 is 0. The topological polar surface area (TPSA) is 35.8 Å². The summed E-state index contributed by atoms with van der Waals surface area (Å²) in [6.45, 7) is 7.93. The SMILES string of the molecule is C=C(/C=N\N(C)C)/C(C)=C/C(O)C=C(CC)CP. The highest BCUT2D eigenvalue weighted by Crippen LogP contribution is 2.10. The highest BCUT2D eigenvalue weighted by molar-refractivity contribution is 7.16. The first-order chi connectivity index (χ1) is 8.40. The van der Waals surface area contributed by atoms with E-state index in [0.29, 0.717) is 0 Å². The average Bonchev–Trinajstić information content (AvgIpc) is 2.32. The van der Waals surface area contributed by atoms with Gasteiger partial charge in [-0.1, -0.05) is 25.2 Å². The molecule has 0 aromatic heterocycles. The van der Waals surface area contributed by atoms with Gasteiger partial charge in [-0.05, 0) is 36.7 Å². The van der Waals surface area contributed by atoms with Gasteiger partial charge >= 0.3 is 0 Å². The molecule has 0 aromatic carbocycles. The average molecular weight is 268 g/mol. The van der Waals surface area contributed by atoms with Gasteiger partial charge in [-0.25, -0.2) is 0 Å². The predicted molar refractivity (Wildman–Crippen MR) is 84.0 cm³/mol. The molecule has 0 heterocycles. The van der Waals surface area contributed by atoms with Gasteiger partial charge in [0.2, 0.25) is 0 Å². The predicted octanol–water partition coefficient (Wildman–Crippen LogP) is 2.61. The first-order valence-electron chi connectivity index (χ1n) is 6.07. The van der Waals surface area contributed by atoms with Crippen molar-refractivity contribution in [2.75, 3.05) is 20.3 Å². The fraction of sp³-hybridized carbons (Fsp3) is 0.500. The lowest BCUT2D eigenvalue weighted by atomic mass is 10.1. The largest absolute Gasteiger partial charge is 0.385 e. The maximum atomic E-state index is 9.92. The molecule has 0 radical (unpaired) electrons. The fourth-order valence-electron chi connectivity index (χ4n) is 1.27. The number of nitrogens with zero attached hydrogens (tertiary/aromatic N) is 2. The van der Waals surface area contributed by atoms with Gasteiger partial charge in [-0.15, -0.1) is 9.24 Å². The van der Waals surface area contributed by atoms with Crippen molar-refractivity contribution in [3.05, 3.63) is 35.5 Å². The Kier molecular flexibility index (Phi) is 8.61. The molecule has 0 aromatic rings. The maximum Gasteiger partial charge on any atom is 0.0911 e. The lowest BCUT2D eigenvalue weighted by molar-refractivity contribution is 0.269. The Morgan fingerprint density at radius 3 is 2.50 bits per heavy atom. The van der Waals surface area contributed by atoms with E-state index in [4.69, 9.17) is 0 Å². The van der Waals surface area contributed by atoms with E-state index in [1.165, 1.54) is 5.57 Å². The number of aliphatic hydroxyl groups is 1. The lowest BCUT2D eigenvalue weighted by Gasteiger charge is -2.07. The van der Waals surface area contributed by atoms with Crippen LogP contribution in [-0.2, 0) is 0 Å². The zero-order valence-electron chi connectivity index (χ0n) is 11.8. The van der Waals surface area contributed by atoms with Crippen LogP contribution in [0.15, 0.2) is 40.6 Å². The zero-order chi connectivity index (χ0) is 14.1. The van der Waals surface area contributed by atoms with Gasteiger partial charge < -0.3 is 10.1 Å². The molecule has 102 valence electrons. The molecule has 1 N–H and O–H groups in total. The van der Waals surface area contributed by atoms with Crippen LogP contribution >= 0.6 is 9.24 Å². The first-order valence-corrected chi connectivity index (χ1v) is 6.89. The molecule has 0 aliphatic heterocycles. The van der Waals surface area contributed by atoms with E-state index < -0.39 is 6.10 Å². The van der Waals surface area contributed by atoms with Crippen molar-refractivity contribution in [1.29, 1.82) is 0 Å². The van der Waals surface area contributed by atoms with E-state index in [1.54, 1.807) is 17.3 Å². The summed E-state index contributed by atoms with van der Waals surface area (Å²) in [4.78, 5) is 0. The molecule has 0 saturated heterocycles. The summed E-state index contributed by atoms with van der Waals surface area (Å²) in [7, 11) is 6.38. The molecular formula is C14H25N2OP. The Balaban J connectivity index is 4.67. The second-order valence-electron chi connectivity index (χ2n) is 4.34. The molecular weight excluding hydrogens is 243 g/mol. The molecule has 4 heteroatoms. The second kappa shape index (κ2) is 9.07. The molecule has 2 unspecified atom stereocenters. The molecule has 0 aliphatic rings. The number of allylic oxidation sites excluding steroid dienone is 3. The van der Waals surface area contributed by atoms with Gasteiger partial charge in [-0.2, -0.15) is 5.10 Å². The van der Waals surface area contributed by atoms with Crippen molar-refractivity contribution in [2.24, 2.45) is 5.10 Å². The lowest BCUT2D eigenvalue weighted by Crippen LogP contribution is -2.04. The van der Waals surface area contributed by atoms with E-state index in [9.17, 15) is 5.11 Å². The quantitative estimate of drug-likeness (QED) is 0.253. The van der Waals surface area contributed by atoms with Crippen molar-refractivity contribution in [2.45, 2.75) is 26.4 Å². The first kappa shape index (κ1) is 17.1. The molecule has 0 bridgehead atoms.